The van der Waals surface area contributed by atoms with Gasteiger partial charge in [-0.05, 0) is 116 Å². The molecule has 0 radical (unpaired) electrons. The summed E-state index contributed by atoms with van der Waals surface area (Å²) < 4.78 is 68.5. The molecule has 0 aliphatic heterocycles. The Morgan fingerprint density at radius 2 is 0.520 bits per heavy atom. The molecule has 0 aromatic rings. The maximum absolute atomic E-state index is 13.1. The lowest BCUT2D eigenvalue weighted by atomic mass is 10.0. The van der Waals surface area contributed by atoms with Crippen LogP contribution in [0.3, 0.4) is 0 Å². The molecule has 0 fully saturated rings. The van der Waals surface area contributed by atoms with Gasteiger partial charge in [-0.25, -0.2) is 9.13 Å². The van der Waals surface area contributed by atoms with E-state index >= 15 is 0 Å². The van der Waals surface area contributed by atoms with E-state index in [9.17, 15) is 43.2 Å². The first-order valence-electron chi connectivity index (χ1n) is 39.2. The molecule has 0 amide bonds. The normalized spacial score (nSPS) is 14.3. The van der Waals surface area contributed by atoms with E-state index in [1.165, 1.54) is 109 Å². The van der Waals surface area contributed by atoms with Crippen molar-refractivity contribution in [1.29, 1.82) is 0 Å². The molecule has 0 heterocycles. The van der Waals surface area contributed by atoms with E-state index in [2.05, 4.69) is 101 Å². The van der Waals surface area contributed by atoms with Crippen molar-refractivity contribution in [3.8, 4) is 0 Å². The summed E-state index contributed by atoms with van der Waals surface area (Å²) in [6.45, 7) is 4.76. The summed E-state index contributed by atoms with van der Waals surface area (Å²) in [7, 11) is -9.95. The molecule has 98 heavy (non-hydrogen) atoms. The Morgan fingerprint density at radius 3 is 0.816 bits per heavy atom. The Morgan fingerprint density at radius 1 is 0.286 bits per heavy atom. The minimum absolute atomic E-state index is 0.0780. The molecule has 0 bridgehead atoms. The van der Waals surface area contributed by atoms with Gasteiger partial charge in [-0.3, -0.25) is 37.3 Å². The summed E-state index contributed by atoms with van der Waals surface area (Å²) in [5.74, 6) is -2.20. The molecule has 3 N–H and O–H groups in total. The lowest BCUT2D eigenvalue weighted by Gasteiger charge is -2.21. The van der Waals surface area contributed by atoms with Crippen LogP contribution in [0.4, 0.5) is 0 Å². The van der Waals surface area contributed by atoms with Crippen molar-refractivity contribution >= 4 is 39.5 Å². The Balaban J connectivity index is 5.35. The topological polar surface area (TPSA) is 237 Å². The molecule has 17 nitrogen and oxygen atoms in total. The number of aliphatic hydroxyl groups is 1. The second-order valence-corrected chi connectivity index (χ2v) is 29.2. The number of allylic oxidation sites excluding steroid dienone is 12. The highest BCUT2D eigenvalue weighted by Crippen LogP contribution is 2.45. The van der Waals surface area contributed by atoms with Crippen molar-refractivity contribution in [1.82, 2.24) is 0 Å². The van der Waals surface area contributed by atoms with Crippen LogP contribution in [0.15, 0.2) is 72.9 Å². The summed E-state index contributed by atoms with van der Waals surface area (Å²) >= 11 is 0. The molecule has 0 aromatic heterocycles. The molecule has 19 heteroatoms. The molecule has 570 valence electrons. The van der Waals surface area contributed by atoms with Gasteiger partial charge in [-0.1, -0.05) is 280 Å². The van der Waals surface area contributed by atoms with Gasteiger partial charge in [0.05, 0.1) is 26.4 Å². The van der Waals surface area contributed by atoms with E-state index < -0.39 is 97.5 Å². The first-order chi connectivity index (χ1) is 47.7. The zero-order chi connectivity index (χ0) is 71.8. The van der Waals surface area contributed by atoms with Crippen LogP contribution in [-0.2, 0) is 65.4 Å². The van der Waals surface area contributed by atoms with Crippen molar-refractivity contribution < 1.29 is 80.2 Å². The minimum Gasteiger partial charge on any atom is -0.462 e. The van der Waals surface area contributed by atoms with Crippen molar-refractivity contribution in [2.24, 2.45) is 0 Å². The summed E-state index contributed by atoms with van der Waals surface area (Å²) in [4.78, 5) is 72.9. The number of carbonyl (C=O) groups is 4. The Kier molecular flexibility index (Phi) is 69.3. The van der Waals surface area contributed by atoms with Crippen LogP contribution in [0.1, 0.15) is 349 Å². The number of phosphoric ester groups is 2. The molecular weight excluding hydrogens is 1280 g/mol. The molecule has 0 saturated carbocycles. The molecule has 0 aliphatic carbocycles. The van der Waals surface area contributed by atoms with Crippen molar-refractivity contribution in [2.75, 3.05) is 39.6 Å². The number of ether oxygens (including phenoxy) is 4. The monoisotopic (exact) mass is 1420 g/mol. The molecule has 5 atom stereocenters. The molecule has 0 aromatic carbocycles. The van der Waals surface area contributed by atoms with Gasteiger partial charge in [0.15, 0.2) is 12.2 Å². The fourth-order valence-electron chi connectivity index (χ4n) is 10.6. The molecule has 0 spiro atoms. The SMILES string of the molecule is CCC/C=C\C/C=C\CCCCCCCC(=O)OC(COC(=O)CCCCCCCCCCCCCCCCC)COP(=O)(O)OCC(O)COP(=O)(O)OCC(COC(=O)CCCCCCC/C=C\C/C=C\CCCCC)OC(=O)CCCCCCC/C=C\C/C=C\CCCCC. The number of hydrogen-bond acceptors (Lipinski definition) is 15. The van der Waals surface area contributed by atoms with E-state index in [1.54, 1.807) is 0 Å². The van der Waals surface area contributed by atoms with E-state index in [1.807, 2.05) is 0 Å². The maximum atomic E-state index is 13.1. The smallest absolute Gasteiger partial charge is 0.462 e. The van der Waals surface area contributed by atoms with Crippen LogP contribution in [0, 0.1) is 0 Å². The zero-order valence-electron chi connectivity index (χ0n) is 62.2. The molecule has 5 unspecified atom stereocenters. The summed E-state index contributed by atoms with van der Waals surface area (Å²) in [6, 6.07) is 0. The van der Waals surface area contributed by atoms with E-state index in [0.29, 0.717) is 25.7 Å². The maximum Gasteiger partial charge on any atom is 0.472 e. The summed E-state index contributed by atoms with van der Waals surface area (Å²) in [6.07, 6.45) is 71.6. The Bertz CT molecular complexity index is 2140. The Labute approximate surface area is 596 Å². The largest absolute Gasteiger partial charge is 0.472 e. The standard InChI is InChI=1S/C79H142O17P2/c1-5-9-13-17-21-25-29-33-36-40-43-47-51-55-59-63-76(81)89-69-74(95-78(83)65-61-57-53-49-45-39-32-28-24-20-16-12-8-4)71-93-97(85,86)91-67-73(80)68-92-98(87,88)94-72-75(96-79(84)66-62-58-54-50-46-42-38-35-31-27-23-19-15-11-7-3)70-90-77(82)64-60-56-52-48-44-41-37-34-30-26-22-18-14-10-6-2/h16,20,22-23,26-28,32,34-35,37-38,73-75,80H,5-15,17-19,21,24-25,29-31,33,36,39-72H2,1-4H3,(H,85,86)(H,87,88)/b20-16-,26-22-,27-23-,32-28-,37-34-,38-35-. The van der Waals surface area contributed by atoms with Gasteiger partial charge in [0.1, 0.15) is 19.3 Å². The van der Waals surface area contributed by atoms with Crippen LogP contribution in [0.5, 0.6) is 0 Å². The number of carbonyl (C=O) groups excluding carboxylic acids is 4. The molecule has 0 rings (SSSR count). The van der Waals surface area contributed by atoms with Gasteiger partial charge in [0.2, 0.25) is 0 Å². The predicted octanol–water partition coefficient (Wildman–Crippen LogP) is 22.4. The van der Waals surface area contributed by atoms with Crippen LogP contribution >= 0.6 is 15.6 Å². The Hall–Kier alpha value is -3.50. The second kappa shape index (κ2) is 71.9. The number of hydrogen-bond donors (Lipinski definition) is 3. The van der Waals surface area contributed by atoms with Gasteiger partial charge in [0, 0.05) is 25.7 Å². The third-order valence-electron chi connectivity index (χ3n) is 16.6. The summed E-state index contributed by atoms with van der Waals surface area (Å²) in [5, 5.41) is 10.6. The number of unbranched alkanes of at least 4 members (excludes halogenated alkanes) is 36. The quantitative estimate of drug-likeness (QED) is 0.0169. The minimum atomic E-state index is -4.98. The number of esters is 4. The number of aliphatic hydroxyl groups excluding tert-OH is 1. The molecular formula is C79H142O17P2. The van der Waals surface area contributed by atoms with Crippen LogP contribution in [0.25, 0.3) is 0 Å². The van der Waals surface area contributed by atoms with Crippen LogP contribution < -0.4 is 0 Å². The first-order valence-corrected chi connectivity index (χ1v) is 42.2. The van der Waals surface area contributed by atoms with Gasteiger partial charge >= 0.3 is 39.5 Å². The lowest BCUT2D eigenvalue weighted by molar-refractivity contribution is -0.161. The number of rotatable bonds is 74. The number of phosphoric acid groups is 2. The van der Waals surface area contributed by atoms with Gasteiger partial charge in [0.25, 0.3) is 0 Å². The van der Waals surface area contributed by atoms with E-state index in [0.717, 1.165) is 161 Å². The first kappa shape index (κ1) is 94.5. The highest BCUT2D eigenvalue weighted by molar-refractivity contribution is 7.47. The van der Waals surface area contributed by atoms with Gasteiger partial charge in [-0.2, -0.15) is 0 Å². The lowest BCUT2D eigenvalue weighted by Crippen LogP contribution is -2.30. The fraction of sp³-hybridized carbons (Fsp3) is 0.797. The average molecular weight is 1430 g/mol. The van der Waals surface area contributed by atoms with Crippen molar-refractivity contribution in [3.63, 3.8) is 0 Å². The fourth-order valence-corrected chi connectivity index (χ4v) is 12.2. The van der Waals surface area contributed by atoms with Crippen LogP contribution in [-0.4, -0.2) is 96.7 Å². The predicted molar refractivity (Wildman–Crippen MR) is 400 cm³/mol. The molecule has 0 saturated heterocycles. The third kappa shape index (κ3) is 70.9. The van der Waals surface area contributed by atoms with Crippen molar-refractivity contribution in [2.45, 2.75) is 367 Å². The molecule has 0 aliphatic rings. The van der Waals surface area contributed by atoms with E-state index in [4.69, 9.17) is 37.0 Å². The van der Waals surface area contributed by atoms with Crippen molar-refractivity contribution in [3.05, 3.63) is 72.9 Å². The van der Waals surface area contributed by atoms with Gasteiger partial charge < -0.3 is 33.8 Å². The second-order valence-electron chi connectivity index (χ2n) is 26.3. The highest BCUT2D eigenvalue weighted by atomic mass is 31.2. The van der Waals surface area contributed by atoms with Crippen LogP contribution in [0.2, 0.25) is 0 Å². The van der Waals surface area contributed by atoms with E-state index in [-0.39, 0.29) is 25.7 Å². The van der Waals surface area contributed by atoms with Gasteiger partial charge in [-0.15, -0.1) is 0 Å². The third-order valence-corrected chi connectivity index (χ3v) is 18.5. The highest BCUT2D eigenvalue weighted by Gasteiger charge is 2.30. The zero-order valence-corrected chi connectivity index (χ0v) is 64.0. The average Bonchev–Trinajstić information content (AvgIpc) is 1.07. The summed E-state index contributed by atoms with van der Waals surface area (Å²) in [5.41, 5.74) is 0.